The highest BCUT2D eigenvalue weighted by atomic mass is 16.2. The van der Waals surface area contributed by atoms with Crippen molar-refractivity contribution < 1.29 is 9.59 Å². The van der Waals surface area contributed by atoms with Crippen LogP contribution in [0.5, 0.6) is 0 Å². The van der Waals surface area contributed by atoms with Gasteiger partial charge in [-0.3, -0.25) is 9.59 Å². The molecule has 0 fully saturated rings. The number of likely N-dealkylation sites (N-methyl/N-ethyl adjacent to an activating group) is 2. The Morgan fingerprint density at radius 2 is 1.90 bits per heavy atom. The van der Waals surface area contributed by atoms with Crippen LogP contribution in [0.15, 0.2) is 24.3 Å². The van der Waals surface area contributed by atoms with E-state index in [0.717, 1.165) is 0 Å². The van der Waals surface area contributed by atoms with E-state index in [2.05, 4.69) is 17.4 Å². The highest BCUT2D eigenvalue weighted by Gasteiger charge is 2.28. The van der Waals surface area contributed by atoms with Gasteiger partial charge in [0.1, 0.15) is 0 Å². The first-order chi connectivity index (χ1) is 10.0. The number of benzene rings is 1. The molecule has 1 N–H and O–H groups in total. The van der Waals surface area contributed by atoms with E-state index in [1.165, 1.54) is 16.0 Å². The Bertz CT molecular complexity index is 528. The van der Waals surface area contributed by atoms with Crippen molar-refractivity contribution in [3.05, 3.63) is 35.4 Å². The molecule has 1 aromatic rings. The molecule has 0 aliphatic carbocycles. The molecule has 0 bridgehead atoms. The van der Waals surface area contributed by atoms with Crippen molar-refractivity contribution in [2.75, 3.05) is 27.2 Å². The highest BCUT2D eigenvalue weighted by molar-refractivity contribution is 5.87. The molecule has 1 aromatic carbocycles. The number of nitrogens with zero attached hydrogens (tertiary/aromatic N) is 2. The van der Waals surface area contributed by atoms with Gasteiger partial charge in [0, 0.05) is 27.2 Å². The van der Waals surface area contributed by atoms with Crippen LogP contribution in [0.2, 0.25) is 0 Å². The van der Waals surface area contributed by atoms with E-state index < -0.39 is 0 Å². The number of rotatable bonds is 4. The van der Waals surface area contributed by atoms with Gasteiger partial charge in [-0.2, -0.15) is 0 Å². The van der Waals surface area contributed by atoms with Crippen LogP contribution in [-0.4, -0.2) is 54.8 Å². The summed E-state index contributed by atoms with van der Waals surface area (Å²) >= 11 is 0. The zero-order valence-electron chi connectivity index (χ0n) is 12.9. The Balaban J connectivity index is 2.04. The normalized spacial score (nSPS) is 17.0. The van der Waals surface area contributed by atoms with Gasteiger partial charge in [-0.05, 0) is 24.5 Å². The summed E-state index contributed by atoms with van der Waals surface area (Å²) in [5.74, 6) is -0.0522. The van der Waals surface area contributed by atoms with Gasteiger partial charge in [0.2, 0.25) is 11.8 Å². The van der Waals surface area contributed by atoms with Crippen molar-refractivity contribution in [1.29, 1.82) is 0 Å². The lowest BCUT2D eigenvalue weighted by Crippen LogP contribution is -2.51. The number of nitrogens with one attached hydrogen (secondary N) is 1. The summed E-state index contributed by atoms with van der Waals surface area (Å²) in [6, 6.07) is 7.92. The Hall–Kier alpha value is -1.88. The molecule has 2 rings (SSSR count). The quantitative estimate of drug-likeness (QED) is 0.885. The van der Waals surface area contributed by atoms with E-state index in [1.807, 2.05) is 19.1 Å². The smallest absolute Gasteiger partial charge is 0.241 e. The second kappa shape index (κ2) is 6.72. The van der Waals surface area contributed by atoms with Gasteiger partial charge >= 0.3 is 0 Å². The maximum Gasteiger partial charge on any atom is 0.241 e. The maximum atomic E-state index is 12.6. The third kappa shape index (κ3) is 3.61. The van der Waals surface area contributed by atoms with Crippen LogP contribution in [0.1, 0.15) is 18.1 Å². The lowest BCUT2D eigenvalue weighted by atomic mass is 9.95. The number of carbonyl (C=O) groups is 2. The molecular weight excluding hydrogens is 266 g/mol. The molecule has 1 aliphatic heterocycles. The zero-order valence-corrected chi connectivity index (χ0v) is 12.9. The van der Waals surface area contributed by atoms with Gasteiger partial charge in [0.05, 0.1) is 12.6 Å². The molecule has 1 aliphatic rings. The van der Waals surface area contributed by atoms with Crippen molar-refractivity contribution in [2.45, 2.75) is 25.9 Å². The Morgan fingerprint density at radius 3 is 2.52 bits per heavy atom. The lowest BCUT2D eigenvalue weighted by molar-refractivity contribution is -0.140. The van der Waals surface area contributed by atoms with Gasteiger partial charge in [0.25, 0.3) is 0 Å². The predicted octanol–water partition coefficient (Wildman–Crippen LogP) is 0.638. The van der Waals surface area contributed by atoms with Gasteiger partial charge in [-0.25, -0.2) is 0 Å². The van der Waals surface area contributed by atoms with Crippen LogP contribution < -0.4 is 5.32 Å². The molecule has 0 aromatic heterocycles. The number of carbonyl (C=O) groups excluding carboxylic acids is 2. The third-order valence-corrected chi connectivity index (χ3v) is 3.90. The topological polar surface area (TPSA) is 52.7 Å². The Kier molecular flexibility index (Phi) is 4.96. The first-order valence-electron chi connectivity index (χ1n) is 7.32. The molecule has 0 spiro atoms. The average Bonchev–Trinajstić information content (AvgIpc) is 2.51. The average molecular weight is 289 g/mol. The van der Waals surface area contributed by atoms with Crippen molar-refractivity contribution in [2.24, 2.45) is 0 Å². The number of fused-ring (bicyclic) bond motifs is 1. The van der Waals surface area contributed by atoms with Crippen LogP contribution in [0.4, 0.5) is 0 Å². The van der Waals surface area contributed by atoms with Crippen molar-refractivity contribution >= 4 is 11.8 Å². The fraction of sp³-hybridized carbons (Fsp3) is 0.500. The number of hydrogen-bond donors (Lipinski definition) is 1. The van der Waals surface area contributed by atoms with Gasteiger partial charge in [-0.1, -0.05) is 24.3 Å². The van der Waals surface area contributed by atoms with Crippen molar-refractivity contribution in [3.63, 3.8) is 0 Å². The molecule has 0 radical (unpaired) electrons. The minimum absolute atomic E-state index is 0.00204. The van der Waals surface area contributed by atoms with Crippen LogP contribution in [-0.2, 0) is 22.6 Å². The Labute approximate surface area is 125 Å². The van der Waals surface area contributed by atoms with Crippen LogP contribution in [0.25, 0.3) is 0 Å². The van der Waals surface area contributed by atoms with Crippen LogP contribution >= 0.6 is 0 Å². The third-order valence-electron chi connectivity index (χ3n) is 3.90. The summed E-state index contributed by atoms with van der Waals surface area (Å²) in [6.07, 6.45) is 0.682. The standard InChI is InChI=1S/C16H23N3O2/c1-4-19(11-15(20)18(2)3)16(21)14-9-12-7-5-6-8-13(12)10-17-14/h5-8,14,17H,4,9-11H2,1-3H3. The Morgan fingerprint density at radius 1 is 1.24 bits per heavy atom. The van der Waals surface area contributed by atoms with Crippen LogP contribution in [0, 0.1) is 0 Å². The van der Waals surface area contributed by atoms with Crippen LogP contribution in [0.3, 0.4) is 0 Å². The summed E-state index contributed by atoms with van der Waals surface area (Å²) in [4.78, 5) is 27.5. The second-order valence-electron chi connectivity index (χ2n) is 5.55. The minimum Gasteiger partial charge on any atom is -0.347 e. The second-order valence-corrected chi connectivity index (χ2v) is 5.55. The molecule has 2 amide bonds. The first-order valence-corrected chi connectivity index (χ1v) is 7.32. The number of amides is 2. The predicted molar refractivity (Wildman–Crippen MR) is 81.7 cm³/mol. The molecule has 5 nitrogen and oxygen atoms in total. The molecule has 114 valence electrons. The van der Waals surface area contributed by atoms with E-state index >= 15 is 0 Å². The fourth-order valence-electron chi connectivity index (χ4n) is 2.50. The van der Waals surface area contributed by atoms with E-state index in [0.29, 0.717) is 19.5 Å². The molecule has 1 heterocycles. The van der Waals surface area contributed by atoms with E-state index in [1.54, 1.807) is 19.0 Å². The van der Waals surface area contributed by atoms with Crippen molar-refractivity contribution in [3.8, 4) is 0 Å². The van der Waals surface area contributed by atoms with Gasteiger partial charge in [0.15, 0.2) is 0 Å². The molecular formula is C16H23N3O2. The molecule has 1 unspecified atom stereocenters. The minimum atomic E-state index is -0.241. The molecule has 1 atom stereocenters. The fourth-order valence-corrected chi connectivity index (χ4v) is 2.50. The van der Waals surface area contributed by atoms with Crippen molar-refractivity contribution in [1.82, 2.24) is 15.1 Å². The summed E-state index contributed by atoms with van der Waals surface area (Å²) in [5.41, 5.74) is 2.46. The first kappa shape index (κ1) is 15.5. The molecule has 0 saturated carbocycles. The number of hydrogen-bond acceptors (Lipinski definition) is 3. The van der Waals surface area contributed by atoms with Gasteiger partial charge in [-0.15, -0.1) is 0 Å². The largest absolute Gasteiger partial charge is 0.347 e. The van der Waals surface area contributed by atoms with Gasteiger partial charge < -0.3 is 15.1 Å². The summed E-state index contributed by atoms with van der Waals surface area (Å²) in [7, 11) is 3.41. The SMILES string of the molecule is CCN(CC(=O)N(C)C)C(=O)C1Cc2ccccc2CN1. The molecule has 21 heavy (non-hydrogen) atoms. The van der Waals surface area contributed by atoms with E-state index in [9.17, 15) is 9.59 Å². The monoisotopic (exact) mass is 289 g/mol. The maximum absolute atomic E-state index is 12.6. The zero-order chi connectivity index (χ0) is 15.4. The van der Waals surface area contributed by atoms with E-state index in [4.69, 9.17) is 0 Å². The summed E-state index contributed by atoms with van der Waals surface area (Å²) < 4.78 is 0. The van der Waals surface area contributed by atoms with E-state index in [-0.39, 0.29) is 24.4 Å². The highest BCUT2D eigenvalue weighted by Crippen LogP contribution is 2.17. The molecule has 0 saturated heterocycles. The molecule has 5 heteroatoms. The summed E-state index contributed by atoms with van der Waals surface area (Å²) in [5, 5.41) is 3.28. The lowest BCUT2D eigenvalue weighted by Gasteiger charge is -2.30. The summed E-state index contributed by atoms with van der Waals surface area (Å²) in [6.45, 7) is 3.28.